The molecule has 1 amide bonds. The van der Waals surface area contributed by atoms with Crippen LogP contribution in [0.1, 0.15) is 18.7 Å². The topological polar surface area (TPSA) is 86.5 Å². The largest absolute Gasteiger partial charge is 0.415 e. The number of rotatable bonds is 4. The van der Waals surface area contributed by atoms with Gasteiger partial charge in [0.15, 0.2) is 6.54 Å². The number of nitrogens with one attached hydrogen (secondary N) is 1. The maximum Gasteiger partial charge on any atom is 0.271 e. The highest BCUT2D eigenvalue weighted by molar-refractivity contribution is 6.30. The fourth-order valence-electron chi connectivity index (χ4n) is 2.80. The lowest BCUT2D eigenvalue weighted by Crippen LogP contribution is -3.12. The molecule has 22 heavy (non-hydrogen) atoms. The number of hydrogen-bond donors (Lipinski definition) is 2. The van der Waals surface area contributed by atoms with Gasteiger partial charge in [-0.25, -0.2) is 0 Å². The summed E-state index contributed by atoms with van der Waals surface area (Å²) in [5.74, 6) is 0.784. The maximum atomic E-state index is 11.3. The quantitative estimate of drug-likeness (QED) is 0.866. The Balaban J connectivity index is 1.66. The van der Waals surface area contributed by atoms with Crippen molar-refractivity contribution < 1.29 is 14.1 Å². The fourth-order valence-corrected chi connectivity index (χ4v) is 2.93. The van der Waals surface area contributed by atoms with E-state index in [9.17, 15) is 4.79 Å². The van der Waals surface area contributed by atoms with Crippen LogP contribution >= 0.6 is 11.6 Å². The lowest BCUT2D eigenvalue weighted by atomic mass is 9.97. The minimum absolute atomic E-state index is 0.0533. The second kappa shape index (κ2) is 6.46. The van der Waals surface area contributed by atoms with Gasteiger partial charge >= 0.3 is 0 Å². The Morgan fingerprint density at radius 3 is 2.86 bits per heavy atom. The van der Waals surface area contributed by atoms with Crippen LogP contribution in [0.3, 0.4) is 0 Å². The molecular formula is C15H18ClN4O2+. The van der Waals surface area contributed by atoms with Crippen molar-refractivity contribution in [2.45, 2.75) is 19.4 Å². The van der Waals surface area contributed by atoms with Gasteiger partial charge in [0.05, 0.1) is 19.0 Å². The number of halogens is 1. The van der Waals surface area contributed by atoms with Crippen molar-refractivity contribution in [3.63, 3.8) is 0 Å². The van der Waals surface area contributed by atoms with Crippen LogP contribution in [0.5, 0.6) is 0 Å². The van der Waals surface area contributed by atoms with Crippen molar-refractivity contribution in [1.29, 1.82) is 0 Å². The predicted octanol–water partition coefficient (Wildman–Crippen LogP) is 0.670. The summed E-state index contributed by atoms with van der Waals surface area (Å²) in [5.41, 5.74) is 6.24. The van der Waals surface area contributed by atoms with Gasteiger partial charge < -0.3 is 15.1 Å². The van der Waals surface area contributed by atoms with Gasteiger partial charge in [-0.2, -0.15) is 0 Å². The molecule has 0 spiro atoms. The molecule has 0 bridgehead atoms. The van der Waals surface area contributed by atoms with Crippen molar-refractivity contribution in [1.82, 2.24) is 10.2 Å². The lowest BCUT2D eigenvalue weighted by Gasteiger charge is -2.26. The van der Waals surface area contributed by atoms with Crippen molar-refractivity contribution in [2.24, 2.45) is 11.7 Å². The fraction of sp³-hybridized carbons (Fsp3) is 0.400. The number of piperidine rings is 1. The zero-order chi connectivity index (χ0) is 15.5. The van der Waals surface area contributed by atoms with Crippen LogP contribution in [-0.4, -0.2) is 29.2 Å². The molecule has 3 rings (SSSR count). The summed E-state index contributed by atoms with van der Waals surface area (Å²) in [6.45, 7) is 2.33. The third-order valence-electron chi connectivity index (χ3n) is 3.98. The summed E-state index contributed by atoms with van der Waals surface area (Å²) < 4.78 is 5.71. The molecule has 1 aromatic heterocycles. The third kappa shape index (κ3) is 3.45. The van der Waals surface area contributed by atoms with Crippen molar-refractivity contribution in [3.05, 3.63) is 35.2 Å². The average Bonchev–Trinajstić information content (AvgIpc) is 2.96. The number of nitrogens with two attached hydrogens (primary N) is 1. The Kier molecular flexibility index (Phi) is 4.40. The molecule has 6 nitrogen and oxygen atoms in total. The Morgan fingerprint density at radius 2 is 2.14 bits per heavy atom. The van der Waals surface area contributed by atoms with Crippen LogP contribution in [0.25, 0.3) is 11.5 Å². The van der Waals surface area contributed by atoms with Crippen LogP contribution in [-0.2, 0) is 11.3 Å². The summed E-state index contributed by atoms with van der Waals surface area (Å²) in [4.78, 5) is 12.6. The molecule has 1 aromatic carbocycles. The monoisotopic (exact) mass is 321 g/mol. The molecule has 1 aliphatic rings. The molecule has 7 heteroatoms. The lowest BCUT2D eigenvalue weighted by molar-refractivity contribution is -0.922. The van der Waals surface area contributed by atoms with E-state index in [1.165, 1.54) is 4.90 Å². The molecule has 3 N–H and O–H groups in total. The molecule has 2 heterocycles. The molecule has 0 saturated carbocycles. The minimum Gasteiger partial charge on any atom is -0.415 e. The molecule has 2 atom stereocenters. The molecule has 1 saturated heterocycles. The van der Waals surface area contributed by atoms with E-state index in [0.29, 0.717) is 23.3 Å². The van der Waals surface area contributed by atoms with Crippen LogP contribution < -0.4 is 10.6 Å². The summed E-state index contributed by atoms with van der Waals surface area (Å²) in [6, 6.07) is 7.26. The van der Waals surface area contributed by atoms with Gasteiger partial charge in [0.1, 0.15) is 0 Å². The number of hydrogen-bond acceptors (Lipinski definition) is 4. The van der Waals surface area contributed by atoms with Gasteiger partial charge in [-0.15, -0.1) is 10.2 Å². The number of benzene rings is 1. The van der Waals surface area contributed by atoms with Gasteiger partial charge in [0, 0.05) is 10.6 Å². The Labute approximate surface area is 133 Å². The summed E-state index contributed by atoms with van der Waals surface area (Å²) in [5, 5.41) is 8.83. The van der Waals surface area contributed by atoms with E-state index in [1.54, 1.807) is 12.1 Å². The number of primary amides is 1. The highest BCUT2D eigenvalue weighted by Crippen LogP contribution is 2.20. The number of carbonyl (C=O) groups is 1. The first-order valence-electron chi connectivity index (χ1n) is 7.33. The minimum atomic E-state index is -0.218. The zero-order valence-electron chi connectivity index (χ0n) is 12.1. The van der Waals surface area contributed by atoms with Crippen LogP contribution in [0, 0.1) is 5.92 Å². The van der Waals surface area contributed by atoms with Crippen molar-refractivity contribution in [2.75, 3.05) is 13.1 Å². The summed E-state index contributed by atoms with van der Waals surface area (Å²) in [6.07, 6.45) is 1.86. The van der Waals surface area contributed by atoms with Crippen molar-refractivity contribution >= 4 is 17.5 Å². The van der Waals surface area contributed by atoms with Crippen LogP contribution in [0.4, 0.5) is 0 Å². The van der Waals surface area contributed by atoms with E-state index >= 15 is 0 Å². The Bertz CT molecular complexity index is 656. The Morgan fingerprint density at radius 1 is 1.36 bits per heavy atom. The molecule has 116 valence electrons. The normalized spacial score (nSPS) is 21.7. The first-order valence-corrected chi connectivity index (χ1v) is 7.71. The third-order valence-corrected chi connectivity index (χ3v) is 4.23. The standard InChI is InChI=1S/C15H17ClN4O2/c16-12-5-3-10(4-6-12)15-19-18-13(22-15)9-20-7-1-2-11(8-20)14(17)21/h3-6,11H,1-2,7-9H2,(H2,17,21)/p+1/t11-/m1/s1. The van der Waals surface area contributed by atoms with Crippen molar-refractivity contribution in [3.8, 4) is 11.5 Å². The van der Waals surface area contributed by atoms with E-state index in [0.717, 1.165) is 31.5 Å². The number of quaternary nitrogens is 1. The summed E-state index contributed by atoms with van der Waals surface area (Å²) in [7, 11) is 0. The maximum absolute atomic E-state index is 11.3. The molecule has 1 fully saturated rings. The van der Waals surface area contributed by atoms with E-state index < -0.39 is 0 Å². The molecule has 0 radical (unpaired) electrons. The van der Waals surface area contributed by atoms with Crippen LogP contribution in [0.15, 0.2) is 28.7 Å². The second-order valence-corrected chi connectivity index (χ2v) is 6.07. The van der Waals surface area contributed by atoms with Gasteiger partial charge in [-0.05, 0) is 37.1 Å². The highest BCUT2D eigenvalue weighted by atomic mass is 35.5. The number of likely N-dealkylation sites (tertiary alicyclic amines) is 1. The SMILES string of the molecule is NC(=O)[C@@H]1CCC[NH+](Cc2nnc(-c3ccc(Cl)cc3)o2)C1. The number of amides is 1. The molecular weight excluding hydrogens is 304 g/mol. The van der Waals surface area contributed by atoms with Gasteiger partial charge in [-0.1, -0.05) is 11.6 Å². The van der Waals surface area contributed by atoms with Gasteiger partial charge in [0.25, 0.3) is 5.89 Å². The average molecular weight is 322 g/mol. The zero-order valence-corrected chi connectivity index (χ0v) is 12.8. The smallest absolute Gasteiger partial charge is 0.271 e. The van der Waals surface area contributed by atoms with Crippen LogP contribution in [0.2, 0.25) is 5.02 Å². The van der Waals surface area contributed by atoms with E-state index in [-0.39, 0.29) is 11.8 Å². The number of nitrogens with zero attached hydrogens (tertiary/aromatic N) is 2. The van der Waals surface area contributed by atoms with E-state index in [4.69, 9.17) is 21.8 Å². The van der Waals surface area contributed by atoms with Gasteiger partial charge in [-0.3, -0.25) is 4.79 Å². The molecule has 1 unspecified atom stereocenters. The highest BCUT2D eigenvalue weighted by Gasteiger charge is 2.28. The molecule has 1 aliphatic heterocycles. The van der Waals surface area contributed by atoms with E-state index in [2.05, 4.69) is 10.2 Å². The van der Waals surface area contributed by atoms with Gasteiger partial charge in [0.2, 0.25) is 11.8 Å². The predicted molar refractivity (Wildman–Crippen MR) is 81.1 cm³/mol. The number of carbonyl (C=O) groups excluding carboxylic acids is 1. The molecule has 0 aliphatic carbocycles. The first-order chi connectivity index (χ1) is 10.6. The van der Waals surface area contributed by atoms with E-state index in [1.807, 2.05) is 12.1 Å². The Hall–Kier alpha value is -1.92. The second-order valence-electron chi connectivity index (χ2n) is 5.63. The summed E-state index contributed by atoms with van der Waals surface area (Å²) >= 11 is 5.86. The molecule has 2 aromatic rings. The number of aromatic nitrogens is 2. The first kappa shape index (κ1) is 15.0.